The molecule has 1 aromatic carbocycles. The number of benzene rings is 1. The topological polar surface area (TPSA) is 42.0 Å². The van der Waals surface area contributed by atoms with Crippen LogP contribution in [0, 0.1) is 0 Å². The molecule has 2 saturated heterocycles. The van der Waals surface area contributed by atoms with Gasteiger partial charge in [-0.25, -0.2) is 0 Å². The van der Waals surface area contributed by atoms with Gasteiger partial charge in [0, 0.05) is 44.8 Å². The quantitative estimate of drug-likeness (QED) is 0.500. The summed E-state index contributed by atoms with van der Waals surface area (Å²) in [6, 6.07) is 7.50. The lowest BCUT2D eigenvalue weighted by atomic mass is 10.1. The minimum absolute atomic E-state index is 0.177. The predicted octanol–water partition coefficient (Wildman–Crippen LogP) is 3.19. The fourth-order valence-corrected chi connectivity index (χ4v) is 3.69. The molecule has 2 fully saturated rings. The Labute approximate surface area is 157 Å². The number of hydrogen-bond donors (Lipinski definition) is 0. The molecule has 0 aliphatic carbocycles. The molecule has 1 unspecified atom stereocenters. The molecule has 0 radical (unpaired) electrons. The summed E-state index contributed by atoms with van der Waals surface area (Å²) >= 11 is 0. The molecule has 1 aromatic rings. The lowest BCUT2D eigenvalue weighted by Gasteiger charge is -2.37. The van der Waals surface area contributed by atoms with Gasteiger partial charge in [-0.3, -0.25) is 9.69 Å². The van der Waals surface area contributed by atoms with Crippen molar-refractivity contribution in [3.05, 3.63) is 29.8 Å². The van der Waals surface area contributed by atoms with Gasteiger partial charge >= 0.3 is 0 Å². The van der Waals surface area contributed by atoms with Gasteiger partial charge in [0.2, 0.25) is 0 Å². The van der Waals surface area contributed by atoms with E-state index in [4.69, 9.17) is 9.47 Å². The Balaban J connectivity index is 1.26. The average molecular weight is 360 g/mol. The molecule has 0 saturated carbocycles. The Bertz CT molecular complexity index is 547. The number of piperazine rings is 1. The fraction of sp³-hybridized carbons (Fsp3) is 0.667. The third kappa shape index (κ3) is 5.53. The fourth-order valence-electron chi connectivity index (χ4n) is 3.69. The second-order valence-corrected chi connectivity index (χ2v) is 7.20. The minimum atomic E-state index is 0.177. The van der Waals surface area contributed by atoms with E-state index >= 15 is 0 Å². The van der Waals surface area contributed by atoms with Crippen molar-refractivity contribution < 1.29 is 14.3 Å². The van der Waals surface area contributed by atoms with Crippen LogP contribution in [0.1, 0.15) is 49.4 Å². The van der Waals surface area contributed by atoms with Gasteiger partial charge in [-0.15, -0.1) is 0 Å². The lowest BCUT2D eigenvalue weighted by Crippen LogP contribution is -2.50. The van der Waals surface area contributed by atoms with Crippen LogP contribution in [-0.4, -0.2) is 67.7 Å². The molecule has 26 heavy (non-hydrogen) atoms. The largest absolute Gasteiger partial charge is 0.494 e. The van der Waals surface area contributed by atoms with Gasteiger partial charge in [0.05, 0.1) is 6.61 Å². The van der Waals surface area contributed by atoms with Crippen molar-refractivity contribution in [1.82, 2.24) is 9.80 Å². The van der Waals surface area contributed by atoms with Crippen LogP contribution in [0.5, 0.6) is 5.75 Å². The minimum Gasteiger partial charge on any atom is -0.494 e. The number of carbonyl (C=O) groups is 1. The van der Waals surface area contributed by atoms with Gasteiger partial charge in [0.25, 0.3) is 0 Å². The van der Waals surface area contributed by atoms with Gasteiger partial charge in [0.1, 0.15) is 12.0 Å². The molecule has 2 aliphatic heterocycles. The van der Waals surface area contributed by atoms with Crippen molar-refractivity contribution in [3.8, 4) is 5.75 Å². The van der Waals surface area contributed by atoms with E-state index in [1.807, 2.05) is 31.2 Å². The number of hydrogen-bond acceptors (Lipinski definition) is 5. The SMILES string of the molecule is CCC(=O)c1ccc(OCCCCN2CCN(C3CCCO3)CC2)cc1. The third-order valence-corrected chi connectivity index (χ3v) is 5.35. The molecular weight excluding hydrogens is 328 g/mol. The second-order valence-electron chi connectivity index (χ2n) is 7.20. The van der Waals surface area contributed by atoms with E-state index in [9.17, 15) is 4.79 Å². The number of ether oxygens (including phenoxy) is 2. The first-order valence-electron chi connectivity index (χ1n) is 10.1. The summed E-state index contributed by atoms with van der Waals surface area (Å²) in [6.07, 6.45) is 5.55. The molecule has 0 N–H and O–H groups in total. The standard InChI is InChI=1S/C21H32N2O3/c1-2-20(24)18-7-9-19(10-8-18)25-16-4-3-11-22-12-14-23(15-13-22)21-6-5-17-26-21/h7-10,21H,2-6,11-17H2,1H3. The summed E-state index contributed by atoms with van der Waals surface area (Å²) in [5.41, 5.74) is 0.766. The molecule has 0 aromatic heterocycles. The molecule has 144 valence electrons. The van der Waals surface area contributed by atoms with Crippen molar-refractivity contribution in [3.63, 3.8) is 0 Å². The Kier molecular flexibility index (Phi) is 7.47. The van der Waals surface area contributed by atoms with Gasteiger partial charge < -0.3 is 14.4 Å². The number of carbonyl (C=O) groups excluding carboxylic acids is 1. The molecule has 0 spiro atoms. The highest BCUT2D eigenvalue weighted by Crippen LogP contribution is 2.18. The molecule has 5 heteroatoms. The van der Waals surface area contributed by atoms with E-state index < -0.39 is 0 Å². The van der Waals surface area contributed by atoms with Gasteiger partial charge in [-0.05, 0) is 56.5 Å². The number of Topliss-reactive ketones (excluding diaryl/α,β-unsaturated/α-hetero) is 1. The van der Waals surface area contributed by atoms with Crippen LogP contribution in [0.15, 0.2) is 24.3 Å². The van der Waals surface area contributed by atoms with E-state index in [0.29, 0.717) is 12.6 Å². The first-order valence-corrected chi connectivity index (χ1v) is 10.1. The van der Waals surface area contributed by atoms with Gasteiger partial charge in [-0.1, -0.05) is 6.92 Å². The monoisotopic (exact) mass is 360 g/mol. The predicted molar refractivity (Wildman–Crippen MR) is 103 cm³/mol. The summed E-state index contributed by atoms with van der Waals surface area (Å²) in [4.78, 5) is 16.7. The molecule has 2 aliphatic rings. The highest BCUT2D eigenvalue weighted by molar-refractivity contribution is 5.95. The van der Waals surface area contributed by atoms with Crippen molar-refractivity contribution in [1.29, 1.82) is 0 Å². The van der Waals surface area contributed by atoms with Crippen LogP contribution in [0.2, 0.25) is 0 Å². The Morgan fingerprint density at radius 2 is 1.92 bits per heavy atom. The molecule has 2 heterocycles. The first-order chi connectivity index (χ1) is 12.8. The number of ketones is 1. The molecule has 5 nitrogen and oxygen atoms in total. The number of rotatable bonds is 9. The maximum atomic E-state index is 11.6. The van der Waals surface area contributed by atoms with Crippen molar-refractivity contribution >= 4 is 5.78 Å². The molecular formula is C21H32N2O3. The van der Waals surface area contributed by atoms with Gasteiger partial charge in [-0.2, -0.15) is 0 Å². The smallest absolute Gasteiger partial charge is 0.162 e. The highest BCUT2D eigenvalue weighted by Gasteiger charge is 2.26. The van der Waals surface area contributed by atoms with E-state index in [0.717, 1.165) is 70.1 Å². The Morgan fingerprint density at radius 1 is 1.15 bits per heavy atom. The Hall–Kier alpha value is -1.43. The summed E-state index contributed by atoms with van der Waals surface area (Å²) in [5, 5.41) is 0. The van der Waals surface area contributed by atoms with Crippen LogP contribution in [0.3, 0.4) is 0 Å². The summed E-state index contributed by atoms with van der Waals surface area (Å²) in [5.74, 6) is 1.03. The summed E-state index contributed by atoms with van der Waals surface area (Å²) < 4.78 is 11.6. The van der Waals surface area contributed by atoms with Crippen molar-refractivity contribution in [2.75, 3.05) is 45.9 Å². The zero-order valence-electron chi connectivity index (χ0n) is 16.0. The van der Waals surface area contributed by atoms with Crippen LogP contribution in [-0.2, 0) is 4.74 Å². The lowest BCUT2D eigenvalue weighted by molar-refractivity contribution is -0.0422. The van der Waals surface area contributed by atoms with Crippen LogP contribution >= 0.6 is 0 Å². The maximum absolute atomic E-state index is 11.6. The van der Waals surface area contributed by atoms with Crippen molar-refractivity contribution in [2.24, 2.45) is 0 Å². The highest BCUT2D eigenvalue weighted by atomic mass is 16.5. The van der Waals surface area contributed by atoms with E-state index in [2.05, 4.69) is 9.80 Å². The second kappa shape index (κ2) is 10.0. The number of nitrogens with zero attached hydrogens (tertiary/aromatic N) is 2. The van der Waals surface area contributed by atoms with E-state index in [-0.39, 0.29) is 5.78 Å². The molecule has 1 atom stereocenters. The molecule has 0 bridgehead atoms. The zero-order chi connectivity index (χ0) is 18.2. The first kappa shape index (κ1) is 19.3. The maximum Gasteiger partial charge on any atom is 0.162 e. The summed E-state index contributed by atoms with van der Waals surface area (Å²) in [7, 11) is 0. The van der Waals surface area contributed by atoms with E-state index in [1.165, 1.54) is 12.8 Å². The summed E-state index contributed by atoms with van der Waals surface area (Å²) in [6.45, 7) is 9.25. The van der Waals surface area contributed by atoms with Crippen molar-refractivity contribution in [2.45, 2.75) is 45.3 Å². The zero-order valence-corrected chi connectivity index (χ0v) is 16.0. The van der Waals surface area contributed by atoms with Gasteiger partial charge in [0.15, 0.2) is 5.78 Å². The van der Waals surface area contributed by atoms with E-state index in [1.54, 1.807) is 0 Å². The normalized spacial score (nSPS) is 21.8. The van der Waals surface area contributed by atoms with Crippen LogP contribution < -0.4 is 4.74 Å². The van der Waals surface area contributed by atoms with Crippen LogP contribution in [0.4, 0.5) is 0 Å². The number of unbranched alkanes of at least 4 members (excludes halogenated alkanes) is 1. The Morgan fingerprint density at radius 3 is 2.58 bits per heavy atom. The molecule has 0 amide bonds. The average Bonchev–Trinajstić information content (AvgIpc) is 3.23. The van der Waals surface area contributed by atoms with Crippen LogP contribution in [0.25, 0.3) is 0 Å². The third-order valence-electron chi connectivity index (χ3n) is 5.35. The molecule has 3 rings (SSSR count).